The van der Waals surface area contributed by atoms with Crippen molar-refractivity contribution in [1.82, 2.24) is 24.2 Å². The molecule has 0 aliphatic carbocycles. The van der Waals surface area contributed by atoms with Crippen molar-refractivity contribution in [2.24, 2.45) is 7.05 Å². The Balaban J connectivity index is 1.49. The number of oxazole rings is 1. The van der Waals surface area contributed by atoms with E-state index in [1.54, 1.807) is 23.6 Å². The molecule has 3 aromatic rings. The summed E-state index contributed by atoms with van der Waals surface area (Å²) in [6, 6.07) is 7.32. The Kier molecular flexibility index (Phi) is 5.43. The molecule has 30 heavy (non-hydrogen) atoms. The van der Waals surface area contributed by atoms with Crippen molar-refractivity contribution in [1.29, 1.82) is 0 Å². The largest absolute Gasteiger partial charge is 0.497 e. The first-order chi connectivity index (χ1) is 14.5. The van der Waals surface area contributed by atoms with E-state index in [1.165, 1.54) is 11.1 Å². The van der Waals surface area contributed by atoms with E-state index in [4.69, 9.17) is 9.15 Å². The van der Waals surface area contributed by atoms with E-state index < -0.39 is 0 Å². The second-order valence-corrected chi connectivity index (χ2v) is 7.33. The first-order valence-electron chi connectivity index (χ1n) is 10.0. The van der Waals surface area contributed by atoms with Crippen molar-refractivity contribution in [3.8, 4) is 17.1 Å². The molecular weight excluding hydrogens is 386 g/mol. The summed E-state index contributed by atoms with van der Waals surface area (Å²) < 4.78 is 13.8. The fraction of sp³-hybridized carbons (Fsp3) is 0.429. The number of ether oxygens (including phenoxy) is 1. The molecule has 0 spiro atoms. The predicted molar refractivity (Wildman–Crippen MR) is 110 cm³/mol. The lowest BCUT2D eigenvalue weighted by Gasteiger charge is -2.31. The summed E-state index contributed by atoms with van der Waals surface area (Å²) in [5.41, 5.74) is 0.978. The van der Waals surface area contributed by atoms with Crippen LogP contribution in [0.2, 0.25) is 0 Å². The van der Waals surface area contributed by atoms with Crippen LogP contribution in [-0.2, 0) is 13.6 Å². The van der Waals surface area contributed by atoms with Crippen molar-refractivity contribution in [2.75, 3.05) is 20.2 Å². The number of methoxy groups -OCH3 is 1. The molecule has 0 atom stereocenters. The van der Waals surface area contributed by atoms with Crippen molar-refractivity contribution >= 4 is 5.91 Å². The molecule has 3 heterocycles. The molecule has 0 bridgehead atoms. The number of nitrogens with zero attached hydrogens (tertiary/aromatic N) is 5. The molecule has 1 saturated heterocycles. The predicted octanol–water partition coefficient (Wildman–Crippen LogP) is 2.29. The minimum Gasteiger partial charge on any atom is -0.497 e. The van der Waals surface area contributed by atoms with Crippen LogP contribution in [0.3, 0.4) is 0 Å². The summed E-state index contributed by atoms with van der Waals surface area (Å²) in [7, 11) is 3.27. The first-order valence-corrected chi connectivity index (χ1v) is 10.0. The second kappa shape index (κ2) is 8.17. The Labute approximate surface area is 173 Å². The fourth-order valence-corrected chi connectivity index (χ4v) is 3.96. The maximum atomic E-state index is 13.1. The Morgan fingerprint density at radius 3 is 2.57 bits per heavy atom. The van der Waals surface area contributed by atoms with Gasteiger partial charge in [0, 0.05) is 38.2 Å². The monoisotopic (exact) mass is 411 g/mol. The maximum absolute atomic E-state index is 13.1. The number of carbonyl (C=O) groups excluding carboxylic acids is 1. The van der Waals surface area contributed by atoms with Crippen LogP contribution in [0.15, 0.2) is 39.9 Å². The van der Waals surface area contributed by atoms with Gasteiger partial charge in [0.15, 0.2) is 17.8 Å². The highest BCUT2D eigenvalue weighted by atomic mass is 16.5. The number of benzene rings is 1. The zero-order valence-corrected chi connectivity index (χ0v) is 17.4. The van der Waals surface area contributed by atoms with E-state index in [1.807, 2.05) is 31.2 Å². The number of aromatic nitrogens is 4. The summed E-state index contributed by atoms with van der Waals surface area (Å²) in [4.78, 5) is 31.3. The van der Waals surface area contributed by atoms with Crippen LogP contribution in [0.25, 0.3) is 11.3 Å². The van der Waals surface area contributed by atoms with Crippen LogP contribution < -0.4 is 10.4 Å². The summed E-state index contributed by atoms with van der Waals surface area (Å²) >= 11 is 0. The van der Waals surface area contributed by atoms with E-state index in [0.29, 0.717) is 31.1 Å². The fourth-order valence-electron chi connectivity index (χ4n) is 3.96. The van der Waals surface area contributed by atoms with E-state index in [-0.39, 0.29) is 17.5 Å². The Morgan fingerprint density at radius 1 is 1.23 bits per heavy atom. The van der Waals surface area contributed by atoms with Gasteiger partial charge in [0.05, 0.1) is 7.11 Å². The molecule has 4 rings (SSSR count). The number of carbonyl (C=O) groups is 1. The molecule has 1 amide bonds. The summed E-state index contributed by atoms with van der Waals surface area (Å²) in [6.45, 7) is 3.68. The van der Waals surface area contributed by atoms with E-state index in [9.17, 15) is 9.59 Å². The average Bonchev–Trinajstić information content (AvgIpc) is 3.38. The number of amides is 1. The molecule has 9 nitrogen and oxygen atoms in total. The second-order valence-electron chi connectivity index (χ2n) is 7.33. The van der Waals surface area contributed by atoms with Crippen molar-refractivity contribution in [3.05, 3.63) is 52.7 Å². The molecule has 0 radical (unpaired) electrons. The quantitative estimate of drug-likeness (QED) is 0.639. The molecule has 0 saturated carbocycles. The summed E-state index contributed by atoms with van der Waals surface area (Å²) in [6.07, 6.45) is 2.79. The highest BCUT2D eigenvalue weighted by Crippen LogP contribution is 2.30. The SMILES string of the molecule is CCn1c(C2CCN(C(=O)c3ncoc3-c3ccc(OC)cc3)CC2)nn(C)c1=O. The topological polar surface area (TPSA) is 95.4 Å². The van der Waals surface area contributed by atoms with Crippen LogP contribution in [0.4, 0.5) is 0 Å². The van der Waals surface area contributed by atoms with Gasteiger partial charge in [0.1, 0.15) is 11.6 Å². The van der Waals surface area contributed by atoms with Gasteiger partial charge in [-0.05, 0) is 44.0 Å². The lowest BCUT2D eigenvalue weighted by atomic mass is 9.95. The smallest absolute Gasteiger partial charge is 0.345 e. The molecule has 158 valence electrons. The number of likely N-dealkylation sites (tertiary alicyclic amines) is 1. The molecule has 1 fully saturated rings. The normalized spacial score (nSPS) is 14.8. The third-order valence-corrected chi connectivity index (χ3v) is 5.62. The maximum Gasteiger partial charge on any atom is 0.345 e. The summed E-state index contributed by atoms with van der Waals surface area (Å²) in [5, 5.41) is 4.42. The van der Waals surface area contributed by atoms with Crippen molar-refractivity contribution in [3.63, 3.8) is 0 Å². The molecule has 1 aromatic carbocycles. The Bertz CT molecular complexity index is 1090. The molecular formula is C21H25N5O4. The van der Waals surface area contributed by atoms with Crippen LogP contribution >= 0.6 is 0 Å². The van der Waals surface area contributed by atoms with Gasteiger partial charge in [0.25, 0.3) is 5.91 Å². The van der Waals surface area contributed by atoms with E-state index in [0.717, 1.165) is 30.0 Å². The zero-order valence-electron chi connectivity index (χ0n) is 17.4. The zero-order chi connectivity index (χ0) is 21.3. The average molecular weight is 411 g/mol. The van der Waals surface area contributed by atoms with Gasteiger partial charge in [-0.15, -0.1) is 0 Å². The number of piperidine rings is 1. The standard InChI is InChI=1S/C21H25N5O4/c1-4-26-19(23-24(2)21(26)28)15-9-11-25(12-10-15)20(27)17-18(30-13-22-17)14-5-7-16(29-3)8-6-14/h5-8,13,15H,4,9-12H2,1-3H3. The third kappa shape index (κ3) is 3.51. The molecule has 1 aliphatic heterocycles. The van der Waals surface area contributed by atoms with Crippen LogP contribution in [0.1, 0.15) is 42.0 Å². The lowest BCUT2D eigenvalue weighted by Crippen LogP contribution is -2.39. The highest BCUT2D eigenvalue weighted by molar-refractivity contribution is 5.97. The first kappa shape index (κ1) is 19.9. The van der Waals surface area contributed by atoms with E-state index in [2.05, 4.69) is 10.1 Å². The van der Waals surface area contributed by atoms with Gasteiger partial charge < -0.3 is 14.1 Å². The third-order valence-electron chi connectivity index (χ3n) is 5.62. The van der Waals surface area contributed by atoms with Gasteiger partial charge in [0.2, 0.25) is 0 Å². The van der Waals surface area contributed by atoms with Crippen LogP contribution in [0.5, 0.6) is 5.75 Å². The number of rotatable bonds is 5. The number of hydrogen-bond acceptors (Lipinski definition) is 6. The van der Waals surface area contributed by atoms with Gasteiger partial charge in [-0.3, -0.25) is 9.36 Å². The highest BCUT2D eigenvalue weighted by Gasteiger charge is 2.30. The molecule has 9 heteroatoms. The van der Waals surface area contributed by atoms with Gasteiger partial charge in [-0.2, -0.15) is 5.10 Å². The van der Waals surface area contributed by atoms with Crippen molar-refractivity contribution in [2.45, 2.75) is 32.2 Å². The van der Waals surface area contributed by atoms with Crippen molar-refractivity contribution < 1.29 is 13.9 Å². The molecule has 0 unspecified atom stereocenters. The number of hydrogen-bond donors (Lipinski definition) is 0. The van der Waals surface area contributed by atoms with Crippen LogP contribution in [-0.4, -0.2) is 50.3 Å². The molecule has 1 aliphatic rings. The van der Waals surface area contributed by atoms with Crippen LogP contribution in [0, 0.1) is 0 Å². The van der Waals surface area contributed by atoms with Gasteiger partial charge in [-0.25, -0.2) is 14.5 Å². The van der Waals surface area contributed by atoms with Gasteiger partial charge >= 0.3 is 5.69 Å². The minimum absolute atomic E-state index is 0.0993. The Morgan fingerprint density at radius 2 is 1.93 bits per heavy atom. The van der Waals surface area contributed by atoms with E-state index >= 15 is 0 Å². The summed E-state index contributed by atoms with van der Waals surface area (Å²) in [5.74, 6) is 1.99. The lowest BCUT2D eigenvalue weighted by molar-refractivity contribution is 0.0705. The number of aryl methyl sites for hydroxylation is 1. The van der Waals surface area contributed by atoms with Gasteiger partial charge in [-0.1, -0.05) is 0 Å². The molecule has 2 aromatic heterocycles. The minimum atomic E-state index is -0.151. The Hall–Kier alpha value is -3.36. The molecule has 0 N–H and O–H groups in total.